The van der Waals surface area contributed by atoms with Crippen molar-refractivity contribution in [3.05, 3.63) is 29.8 Å². The van der Waals surface area contributed by atoms with Crippen molar-refractivity contribution in [2.75, 3.05) is 31.4 Å². The fraction of sp³-hybridized carbons (Fsp3) is 0.562. The molecular formula is C16H25ClN2O. The Morgan fingerprint density at radius 2 is 1.70 bits per heavy atom. The minimum atomic E-state index is 0.0738. The average Bonchev–Trinajstić information content (AvgIpc) is 2.47. The highest BCUT2D eigenvalue weighted by atomic mass is 35.5. The van der Waals surface area contributed by atoms with E-state index in [4.69, 9.17) is 11.6 Å². The van der Waals surface area contributed by atoms with Gasteiger partial charge in [-0.1, -0.05) is 13.8 Å². The summed E-state index contributed by atoms with van der Waals surface area (Å²) in [7, 11) is 3.97. The Labute approximate surface area is 127 Å². The van der Waals surface area contributed by atoms with Crippen molar-refractivity contribution in [3.63, 3.8) is 0 Å². The quantitative estimate of drug-likeness (QED) is 0.718. The standard InChI is InChI=1S/C16H25ClN2O/c1-5-14(6-2)19(12-11-17)16(20)13-7-9-15(10-8-13)18(3)4/h7-10,14H,5-6,11-12H2,1-4H3. The number of amides is 1. The summed E-state index contributed by atoms with van der Waals surface area (Å²) < 4.78 is 0. The van der Waals surface area contributed by atoms with Crippen LogP contribution in [-0.4, -0.2) is 43.4 Å². The highest BCUT2D eigenvalue weighted by Gasteiger charge is 2.21. The number of carbonyl (C=O) groups excluding carboxylic acids is 1. The van der Waals surface area contributed by atoms with Gasteiger partial charge in [-0.3, -0.25) is 4.79 Å². The van der Waals surface area contributed by atoms with Gasteiger partial charge in [-0.25, -0.2) is 0 Å². The van der Waals surface area contributed by atoms with Gasteiger partial charge in [0.05, 0.1) is 0 Å². The minimum Gasteiger partial charge on any atom is -0.378 e. The number of rotatable bonds is 7. The van der Waals surface area contributed by atoms with Gasteiger partial charge in [0.2, 0.25) is 0 Å². The fourth-order valence-corrected chi connectivity index (χ4v) is 2.52. The van der Waals surface area contributed by atoms with E-state index >= 15 is 0 Å². The Balaban J connectivity index is 2.93. The highest BCUT2D eigenvalue weighted by Crippen LogP contribution is 2.17. The van der Waals surface area contributed by atoms with Gasteiger partial charge in [0.15, 0.2) is 0 Å². The lowest BCUT2D eigenvalue weighted by molar-refractivity contribution is 0.0681. The van der Waals surface area contributed by atoms with E-state index < -0.39 is 0 Å². The van der Waals surface area contributed by atoms with Gasteiger partial charge < -0.3 is 9.80 Å². The Kier molecular flexibility index (Phi) is 6.86. The molecule has 3 nitrogen and oxygen atoms in total. The van der Waals surface area contributed by atoms with E-state index in [2.05, 4.69) is 13.8 Å². The summed E-state index contributed by atoms with van der Waals surface area (Å²) in [6.07, 6.45) is 1.91. The predicted octanol–water partition coefficient (Wildman–Crippen LogP) is 3.62. The zero-order valence-electron chi connectivity index (χ0n) is 12.9. The Hall–Kier alpha value is -1.22. The van der Waals surface area contributed by atoms with Crippen LogP contribution in [0, 0.1) is 0 Å². The van der Waals surface area contributed by atoms with Crippen molar-refractivity contribution >= 4 is 23.2 Å². The Morgan fingerprint density at radius 1 is 1.15 bits per heavy atom. The first kappa shape index (κ1) is 16.8. The number of hydrogen-bond acceptors (Lipinski definition) is 2. The van der Waals surface area contributed by atoms with E-state index in [0.717, 1.165) is 24.1 Å². The summed E-state index contributed by atoms with van der Waals surface area (Å²) in [5.41, 5.74) is 1.82. The summed E-state index contributed by atoms with van der Waals surface area (Å²) in [5.74, 6) is 0.544. The van der Waals surface area contributed by atoms with Gasteiger partial charge in [-0.2, -0.15) is 0 Å². The van der Waals surface area contributed by atoms with Crippen LogP contribution in [-0.2, 0) is 0 Å². The molecule has 1 rings (SSSR count). The summed E-state index contributed by atoms with van der Waals surface area (Å²) in [6, 6.07) is 7.98. The van der Waals surface area contributed by atoms with Crippen LogP contribution in [0.1, 0.15) is 37.0 Å². The first-order valence-corrected chi connectivity index (χ1v) is 7.72. The second-order valence-corrected chi connectivity index (χ2v) is 5.48. The molecule has 0 heterocycles. The molecule has 0 atom stereocenters. The average molecular weight is 297 g/mol. The summed E-state index contributed by atoms with van der Waals surface area (Å²) in [4.78, 5) is 16.5. The molecule has 0 N–H and O–H groups in total. The van der Waals surface area contributed by atoms with Gasteiger partial charge >= 0.3 is 0 Å². The number of halogens is 1. The second-order valence-electron chi connectivity index (χ2n) is 5.10. The molecular weight excluding hydrogens is 272 g/mol. The van der Waals surface area contributed by atoms with Crippen molar-refractivity contribution in [2.45, 2.75) is 32.7 Å². The van der Waals surface area contributed by atoms with Crippen LogP contribution in [0.3, 0.4) is 0 Å². The lowest BCUT2D eigenvalue weighted by Gasteiger charge is -2.30. The van der Waals surface area contributed by atoms with Gasteiger partial charge in [0.1, 0.15) is 0 Å². The lowest BCUT2D eigenvalue weighted by Crippen LogP contribution is -2.41. The largest absolute Gasteiger partial charge is 0.378 e. The van der Waals surface area contributed by atoms with Gasteiger partial charge in [-0.15, -0.1) is 11.6 Å². The topological polar surface area (TPSA) is 23.6 Å². The lowest BCUT2D eigenvalue weighted by atomic mass is 10.1. The molecule has 0 saturated carbocycles. The molecule has 0 bridgehead atoms. The van der Waals surface area contributed by atoms with E-state index in [1.807, 2.05) is 48.2 Å². The summed E-state index contributed by atoms with van der Waals surface area (Å²) in [6.45, 7) is 4.82. The van der Waals surface area contributed by atoms with Crippen LogP contribution in [0.2, 0.25) is 0 Å². The van der Waals surface area contributed by atoms with E-state index in [9.17, 15) is 4.79 Å². The molecule has 0 aliphatic carbocycles. The number of benzene rings is 1. The monoisotopic (exact) mass is 296 g/mol. The van der Waals surface area contributed by atoms with Crippen molar-refractivity contribution in [3.8, 4) is 0 Å². The van der Waals surface area contributed by atoms with E-state index in [1.165, 1.54) is 0 Å². The van der Waals surface area contributed by atoms with Gasteiger partial charge in [-0.05, 0) is 37.1 Å². The third kappa shape index (κ3) is 4.14. The molecule has 0 aromatic heterocycles. The molecule has 20 heavy (non-hydrogen) atoms. The van der Waals surface area contributed by atoms with Crippen molar-refractivity contribution in [1.82, 2.24) is 4.90 Å². The minimum absolute atomic E-state index is 0.0738. The molecule has 112 valence electrons. The number of alkyl halides is 1. The third-order valence-corrected chi connectivity index (χ3v) is 3.77. The van der Waals surface area contributed by atoms with E-state index in [0.29, 0.717) is 12.4 Å². The first-order valence-electron chi connectivity index (χ1n) is 7.19. The van der Waals surface area contributed by atoms with Crippen molar-refractivity contribution in [1.29, 1.82) is 0 Å². The molecule has 0 radical (unpaired) electrons. The first-order chi connectivity index (χ1) is 9.54. The van der Waals surface area contributed by atoms with Crippen molar-refractivity contribution < 1.29 is 4.79 Å². The molecule has 0 saturated heterocycles. The number of nitrogens with zero attached hydrogens (tertiary/aromatic N) is 2. The van der Waals surface area contributed by atoms with Gasteiger partial charge in [0, 0.05) is 43.8 Å². The third-order valence-electron chi connectivity index (χ3n) is 3.60. The van der Waals surface area contributed by atoms with Gasteiger partial charge in [0.25, 0.3) is 5.91 Å². The van der Waals surface area contributed by atoms with Crippen LogP contribution >= 0.6 is 11.6 Å². The zero-order chi connectivity index (χ0) is 15.1. The van der Waals surface area contributed by atoms with Crippen LogP contribution < -0.4 is 4.90 Å². The SMILES string of the molecule is CCC(CC)N(CCCl)C(=O)c1ccc(N(C)C)cc1. The Morgan fingerprint density at radius 3 is 2.10 bits per heavy atom. The maximum Gasteiger partial charge on any atom is 0.254 e. The molecule has 1 aromatic carbocycles. The molecule has 1 aromatic rings. The summed E-state index contributed by atoms with van der Waals surface area (Å²) >= 11 is 5.85. The molecule has 0 fully saturated rings. The van der Waals surface area contributed by atoms with E-state index in [1.54, 1.807) is 0 Å². The molecule has 0 aliphatic rings. The fourth-order valence-electron chi connectivity index (χ4n) is 2.34. The van der Waals surface area contributed by atoms with E-state index in [-0.39, 0.29) is 11.9 Å². The predicted molar refractivity (Wildman–Crippen MR) is 86.9 cm³/mol. The molecule has 0 unspecified atom stereocenters. The zero-order valence-corrected chi connectivity index (χ0v) is 13.7. The molecule has 0 aliphatic heterocycles. The maximum atomic E-state index is 12.6. The molecule has 0 spiro atoms. The maximum absolute atomic E-state index is 12.6. The van der Waals surface area contributed by atoms with Crippen LogP contribution in [0.25, 0.3) is 0 Å². The molecule has 1 amide bonds. The number of anilines is 1. The Bertz CT molecular complexity index is 413. The smallest absolute Gasteiger partial charge is 0.254 e. The molecule has 4 heteroatoms. The second kappa shape index (κ2) is 8.15. The summed E-state index contributed by atoms with van der Waals surface area (Å²) in [5, 5.41) is 0. The van der Waals surface area contributed by atoms with Crippen LogP contribution in [0.5, 0.6) is 0 Å². The van der Waals surface area contributed by atoms with Crippen LogP contribution in [0.4, 0.5) is 5.69 Å². The highest BCUT2D eigenvalue weighted by molar-refractivity contribution is 6.18. The normalized spacial score (nSPS) is 10.7. The number of hydrogen-bond donors (Lipinski definition) is 0. The van der Waals surface area contributed by atoms with Crippen LogP contribution in [0.15, 0.2) is 24.3 Å². The van der Waals surface area contributed by atoms with Crippen molar-refractivity contribution in [2.24, 2.45) is 0 Å². The number of carbonyl (C=O) groups is 1.